The number of nitrogens with one attached hydrogen (secondary N) is 1. The summed E-state index contributed by atoms with van der Waals surface area (Å²) < 4.78 is 0. The summed E-state index contributed by atoms with van der Waals surface area (Å²) in [6.45, 7) is 0.812. The molecule has 1 aromatic heterocycles. The monoisotopic (exact) mass is 230 g/mol. The van der Waals surface area contributed by atoms with E-state index in [0.717, 1.165) is 12.4 Å². The fraction of sp³-hybridized carbons (Fsp3) is 0.154. The predicted molar refractivity (Wildman–Crippen MR) is 69.8 cm³/mol. The highest BCUT2D eigenvalue weighted by Gasteiger charge is 1.95. The summed E-state index contributed by atoms with van der Waals surface area (Å²) in [6.07, 6.45) is 3.94. The van der Waals surface area contributed by atoms with Crippen molar-refractivity contribution < 1.29 is 0 Å². The molecule has 82 valence electrons. The normalized spacial score (nSPS) is 10.1. The van der Waals surface area contributed by atoms with Crippen LogP contribution in [-0.2, 0) is 6.54 Å². The van der Waals surface area contributed by atoms with E-state index >= 15 is 0 Å². The molecule has 0 bridgehead atoms. The molecule has 1 N–H and O–H groups in total. The van der Waals surface area contributed by atoms with Gasteiger partial charge in [0.15, 0.2) is 0 Å². The number of benzene rings is 1. The van der Waals surface area contributed by atoms with Gasteiger partial charge in [-0.25, -0.2) is 4.98 Å². The van der Waals surface area contributed by atoms with Gasteiger partial charge in [-0.3, -0.25) is 0 Å². The van der Waals surface area contributed by atoms with E-state index in [0.29, 0.717) is 0 Å². The molecule has 3 heteroatoms. The van der Waals surface area contributed by atoms with Gasteiger partial charge in [-0.1, -0.05) is 30.3 Å². The van der Waals surface area contributed by atoms with E-state index in [1.807, 2.05) is 36.7 Å². The van der Waals surface area contributed by atoms with Crippen molar-refractivity contribution in [3.63, 3.8) is 0 Å². The Morgan fingerprint density at radius 2 is 1.94 bits per heavy atom. The summed E-state index contributed by atoms with van der Waals surface area (Å²) in [5, 5.41) is 3.29. The second-order valence-corrected chi connectivity index (χ2v) is 4.30. The summed E-state index contributed by atoms with van der Waals surface area (Å²) in [4.78, 5) is 5.52. The van der Waals surface area contributed by atoms with Crippen LogP contribution in [-0.4, -0.2) is 11.2 Å². The molecule has 0 aliphatic rings. The zero-order chi connectivity index (χ0) is 11.2. The van der Waals surface area contributed by atoms with Gasteiger partial charge in [0.25, 0.3) is 0 Å². The van der Waals surface area contributed by atoms with E-state index < -0.39 is 0 Å². The van der Waals surface area contributed by atoms with Gasteiger partial charge in [0.2, 0.25) is 0 Å². The Morgan fingerprint density at radius 3 is 2.56 bits per heavy atom. The molecule has 0 fully saturated rings. The number of pyridine rings is 1. The van der Waals surface area contributed by atoms with Gasteiger partial charge >= 0.3 is 0 Å². The summed E-state index contributed by atoms with van der Waals surface area (Å²) in [7, 11) is 0. The number of nitrogens with zero attached hydrogens (tertiary/aromatic N) is 1. The van der Waals surface area contributed by atoms with Crippen molar-refractivity contribution >= 4 is 17.6 Å². The molecule has 16 heavy (non-hydrogen) atoms. The largest absolute Gasteiger partial charge is 0.366 e. The van der Waals surface area contributed by atoms with Crippen LogP contribution < -0.4 is 5.32 Å². The Kier molecular flexibility index (Phi) is 3.83. The van der Waals surface area contributed by atoms with Crippen molar-refractivity contribution in [1.82, 2.24) is 4.98 Å². The Balaban J connectivity index is 1.94. The third kappa shape index (κ3) is 3.00. The average molecular weight is 230 g/mol. The maximum absolute atomic E-state index is 4.33. The van der Waals surface area contributed by atoms with Crippen LogP contribution in [0.3, 0.4) is 0 Å². The molecule has 0 atom stereocenters. The first-order chi connectivity index (χ1) is 7.88. The van der Waals surface area contributed by atoms with Crippen LogP contribution in [0.5, 0.6) is 0 Å². The first kappa shape index (κ1) is 11.0. The number of thioether (sulfide) groups is 1. The minimum absolute atomic E-state index is 0.812. The van der Waals surface area contributed by atoms with Crippen molar-refractivity contribution in [1.29, 1.82) is 0 Å². The van der Waals surface area contributed by atoms with Gasteiger partial charge in [-0.05, 0) is 24.0 Å². The molecule has 0 radical (unpaired) electrons. The lowest BCUT2D eigenvalue weighted by atomic mass is 10.2. The first-order valence-corrected chi connectivity index (χ1v) is 6.39. The summed E-state index contributed by atoms with van der Waals surface area (Å²) in [5.74, 6) is 0.918. The number of aromatic nitrogens is 1. The van der Waals surface area contributed by atoms with Crippen LogP contribution in [0.1, 0.15) is 5.56 Å². The van der Waals surface area contributed by atoms with Gasteiger partial charge in [0.05, 0.1) is 0 Å². The maximum Gasteiger partial charge on any atom is 0.126 e. The van der Waals surface area contributed by atoms with E-state index in [9.17, 15) is 0 Å². The van der Waals surface area contributed by atoms with Gasteiger partial charge in [0.1, 0.15) is 5.82 Å². The van der Waals surface area contributed by atoms with Gasteiger partial charge in [0, 0.05) is 17.6 Å². The van der Waals surface area contributed by atoms with E-state index in [4.69, 9.17) is 0 Å². The fourth-order valence-corrected chi connectivity index (χ4v) is 1.76. The standard InChI is InChI=1S/C13H14N2S/c1-16-12-7-8-13(15-10-12)14-9-11-5-3-2-4-6-11/h2-8,10H,9H2,1H3,(H,14,15). The van der Waals surface area contributed by atoms with Gasteiger partial charge in [-0.15, -0.1) is 11.8 Å². The maximum atomic E-state index is 4.33. The van der Waals surface area contributed by atoms with Crippen LogP contribution in [0.2, 0.25) is 0 Å². The van der Waals surface area contributed by atoms with Gasteiger partial charge < -0.3 is 5.32 Å². The molecule has 0 spiro atoms. The Morgan fingerprint density at radius 1 is 1.12 bits per heavy atom. The van der Waals surface area contributed by atoms with E-state index in [2.05, 4.69) is 28.5 Å². The van der Waals surface area contributed by atoms with E-state index in [-0.39, 0.29) is 0 Å². The average Bonchev–Trinajstić information content (AvgIpc) is 2.38. The third-order valence-corrected chi connectivity index (χ3v) is 3.00. The zero-order valence-electron chi connectivity index (χ0n) is 9.18. The topological polar surface area (TPSA) is 24.9 Å². The van der Waals surface area contributed by atoms with Crippen molar-refractivity contribution in [2.75, 3.05) is 11.6 Å². The lowest BCUT2D eigenvalue weighted by Crippen LogP contribution is -2.00. The number of hydrogen-bond donors (Lipinski definition) is 1. The van der Waals surface area contributed by atoms with Crippen molar-refractivity contribution in [3.05, 3.63) is 54.2 Å². The molecule has 0 saturated heterocycles. The molecule has 2 aromatic rings. The molecule has 0 aliphatic carbocycles. The number of anilines is 1. The Hall–Kier alpha value is -1.48. The van der Waals surface area contributed by atoms with Crippen LogP contribution in [0.15, 0.2) is 53.6 Å². The molecular weight excluding hydrogens is 216 g/mol. The smallest absolute Gasteiger partial charge is 0.126 e. The highest BCUT2D eigenvalue weighted by Crippen LogP contribution is 2.15. The predicted octanol–water partition coefficient (Wildman–Crippen LogP) is 3.42. The second kappa shape index (κ2) is 5.56. The first-order valence-electron chi connectivity index (χ1n) is 5.16. The summed E-state index contributed by atoms with van der Waals surface area (Å²) in [5.41, 5.74) is 1.26. The highest BCUT2D eigenvalue weighted by molar-refractivity contribution is 7.98. The second-order valence-electron chi connectivity index (χ2n) is 3.42. The van der Waals surface area contributed by atoms with Gasteiger partial charge in [-0.2, -0.15) is 0 Å². The van der Waals surface area contributed by atoms with Crippen LogP contribution >= 0.6 is 11.8 Å². The lowest BCUT2D eigenvalue weighted by Gasteiger charge is -2.05. The highest BCUT2D eigenvalue weighted by atomic mass is 32.2. The van der Waals surface area contributed by atoms with Crippen molar-refractivity contribution in [3.8, 4) is 0 Å². The molecular formula is C13H14N2S. The molecule has 1 aromatic carbocycles. The molecule has 1 heterocycles. The van der Waals surface area contributed by atoms with Crippen LogP contribution in [0.25, 0.3) is 0 Å². The lowest BCUT2D eigenvalue weighted by molar-refractivity contribution is 1.10. The molecule has 2 rings (SSSR count). The minimum atomic E-state index is 0.812. The van der Waals surface area contributed by atoms with Crippen molar-refractivity contribution in [2.24, 2.45) is 0 Å². The molecule has 0 unspecified atom stereocenters. The molecule has 0 amide bonds. The zero-order valence-corrected chi connectivity index (χ0v) is 10.00. The molecule has 0 saturated carbocycles. The summed E-state index contributed by atoms with van der Waals surface area (Å²) in [6, 6.07) is 14.4. The number of hydrogen-bond acceptors (Lipinski definition) is 3. The van der Waals surface area contributed by atoms with E-state index in [1.165, 1.54) is 10.5 Å². The third-order valence-electron chi connectivity index (χ3n) is 2.29. The Bertz CT molecular complexity index is 425. The SMILES string of the molecule is CSc1ccc(NCc2ccccc2)nc1. The summed E-state index contributed by atoms with van der Waals surface area (Å²) >= 11 is 1.70. The number of rotatable bonds is 4. The van der Waals surface area contributed by atoms with Crippen LogP contribution in [0.4, 0.5) is 5.82 Å². The quantitative estimate of drug-likeness (QED) is 0.815. The fourth-order valence-electron chi connectivity index (χ4n) is 1.39. The Labute approximate surface area is 100 Å². The van der Waals surface area contributed by atoms with E-state index in [1.54, 1.807) is 11.8 Å². The van der Waals surface area contributed by atoms with Crippen molar-refractivity contribution in [2.45, 2.75) is 11.4 Å². The minimum Gasteiger partial charge on any atom is -0.366 e. The van der Waals surface area contributed by atoms with Crippen LogP contribution in [0, 0.1) is 0 Å². The molecule has 2 nitrogen and oxygen atoms in total. The molecule has 0 aliphatic heterocycles.